The summed E-state index contributed by atoms with van der Waals surface area (Å²) in [4.78, 5) is 14.2. The van der Waals surface area contributed by atoms with E-state index in [9.17, 15) is 4.79 Å². The first-order valence-electron chi connectivity index (χ1n) is 5.53. The molecule has 2 rings (SSSR count). The first-order valence-corrected chi connectivity index (χ1v) is 7.41. The highest BCUT2D eigenvalue weighted by Gasteiger charge is 2.27. The monoisotopic (exact) mass is 351 g/mol. The number of amides is 1. The Labute approximate surface area is 124 Å². The molecule has 0 aliphatic carbocycles. The Kier molecular flexibility index (Phi) is 4.90. The molecule has 1 unspecified atom stereocenters. The van der Waals surface area contributed by atoms with Crippen molar-refractivity contribution in [3.8, 4) is 0 Å². The van der Waals surface area contributed by atoms with Gasteiger partial charge in [-0.05, 0) is 18.2 Å². The van der Waals surface area contributed by atoms with Crippen molar-refractivity contribution in [2.75, 3.05) is 25.1 Å². The summed E-state index contributed by atoms with van der Waals surface area (Å²) in [6.07, 6.45) is 0. The molecule has 0 N–H and O–H groups in total. The molecule has 18 heavy (non-hydrogen) atoms. The zero-order valence-corrected chi connectivity index (χ0v) is 12.6. The van der Waals surface area contributed by atoms with Crippen LogP contribution in [0, 0.1) is 0 Å². The number of morpholine rings is 1. The molecule has 6 heteroatoms. The largest absolute Gasteiger partial charge is 0.377 e. The lowest BCUT2D eigenvalue weighted by Gasteiger charge is -2.34. The van der Waals surface area contributed by atoms with Gasteiger partial charge in [0.25, 0.3) is 5.91 Å². The Bertz CT molecular complexity index is 456. The number of hydrogen-bond donors (Lipinski definition) is 0. The van der Waals surface area contributed by atoms with Gasteiger partial charge in [-0.15, -0.1) is 0 Å². The third-order valence-electron chi connectivity index (χ3n) is 2.83. The van der Waals surface area contributed by atoms with Gasteiger partial charge in [0, 0.05) is 17.4 Å². The number of rotatable bonds is 2. The number of hydrogen-bond acceptors (Lipinski definition) is 2. The molecule has 0 radical (unpaired) electrons. The predicted molar refractivity (Wildman–Crippen MR) is 75.9 cm³/mol. The predicted octanol–water partition coefficient (Wildman–Crippen LogP) is 3.23. The lowest BCUT2D eigenvalue weighted by atomic mass is 10.1. The van der Waals surface area contributed by atoms with Crippen molar-refractivity contribution in [2.45, 2.75) is 6.04 Å². The topological polar surface area (TPSA) is 29.5 Å². The van der Waals surface area contributed by atoms with E-state index in [2.05, 4.69) is 15.9 Å². The van der Waals surface area contributed by atoms with Crippen LogP contribution in [0.25, 0.3) is 0 Å². The lowest BCUT2D eigenvalue weighted by molar-refractivity contribution is 0.00525. The van der Waals surface area contributed by atoms with E-state index < -0.39 is 0 Å². The average Bonchev–Trinajstić information content (AvgIpc) is 2.41. The fourth-order valence-corrected chi connectivity index (χ4v) is 2.68. The summed E-state index contributed by atoms with van der Waals surface area (Å²) in [5.74, 6) is -0.0404. The van der Waals surface area contributed by atoms with Gasteiger partial charge in [-0.3, -0.25) is 4.79 Å². The van der Waals surface area contributed by atoms with E-state index in [0.717, 1.165) is 0 Å². The quantitative estimate of drug-likeness (QED) is 0.765. The standard InChI is InChI=1S/C12H12BrCl2NO2/c13-6-9-7-18-4-3-16(9)12(17)8-1-2-10(14)11(15)5-8/h1-2,5,9H,3-4,6-7H2. The maximum absolute atomic E-state index is 12.4. The Morgan fingerprint density at radius 1 is 1.44 bits per heavy atom. The van der Waals surface area contributed by atoms with Crippen LogP contribution in [-0.4, -0.2) is 41.9 Å². The summed E-state index contributed by atoms with van der Waals surface area (Å²) in [6, 6.07) is 4.99. The first-order chi connectivity index (χ1) is 8.63. The van der Waals surface area contributed by atoms with Crippen molar-refractivity contribution >= 4 is 45.0 Å². The summed E-state index contributed by atoms with van der Waals surface area (Å²) < 4.78 is 5.36. The fourth-order valence-electron chi connectivity index (χ4n) is 1.85. The molecule has 1 aliphatic rings. The van der Waals surface area contributed by atoms with Crippen molar-refractivity contribution in [2.24, 2.45) is 0 Å². The number of carbonyl (C=O) groups excluding carboxylic acids is 1. The van der Waals surface area contributed by atoms with Crippen molar-refractivity contribution in [3.63, 3.8) is 0 Å². The second-order valence-corrected chi connectivity index (χ2v) is 5.47. The number of ether oxygens (including phenoxy) is 1. The minimum absolute atomic E-state index is 0.0404. The van der Waals surface area contributed by atoms with Crippen LogP contribution >= 0.6 is 39.1 Å². The van der Waals surface area contributed by atoms with Crippen molar-refractivity contribution in [1.82, 2.24) is 4.90 Å². The molecule has 3 nitrogen and oxygen atoms in total. The molecule has 1 aromatic carbocycles. The number of benzene rings is 1. The zero-order valence-electron chi connectivity index (χ0n) is 9.54. The van der Waals surface area contributed by atoms with Gasteiger partial charge in [-0.1, -0.05) is 39.1 Å². The maximum atomic E-state index is 12.4. The van der Waals surface area contributed by atoms with Crippen LogP contribution in [0.3, 0.4) is 0 Å². The van der Waals surface area contributed by atoms with E-state index in [1.807, 2.05) is 0 Å². The molecular formula is C12H12BrCl2NO2. The maximum Gasteiger partial charge on any atom is 0.254 e. The first kappa shape index (κ1) is 14.1. The van der Waals surface area contributed by atoms with Crippen molar-refractivity contribution < 1.29 is 9.53 Å². The van der Waals surface area contributed by atoms with Gasteiger partial charge < -0.3 is 9.64 Å². The van der Waals surface area contributed by atoms with Crippen LogP contribution in [0.1, 0.15) is 10.4 Å². The zero-order chi connectivity index (χ0) is 13.1. The SMILES string of the molecule is O=C(c1ccc(Cl)c(Cl)c1)N1CCOCC1CBr. The number of alkyl halides is 1. The van der Waals surface area contributed by atoms with Gasteiger partial charge in [0.1, 0.15) is 0 Å². The van der Waals surface area contributed by atoms with Crippen LogP contribution in [0.15, 0.2) is 18.2 Å². The van der Waals surface area contributed by atoms with Gasteiger partial charge in [0.15, 0.2) is 0 Å². The van der Waals surface area contributed by atoms with E-state index in [1.54, 1.807) is 23.1 Å². The Morgan fingerprint density at radius 2 is 2.22 bits per heavy atom. The molecule has 0 saturated carbocycles. The third-order valence-corrected chi connectivity index (χ3v) is 4.32. The molecule has 1 aliphatic heterocycles. The highest BCUT2D eigenvalue weighted by atomic mass is 79.9. The molecule has 0 spiro atoms. The summed E-state index contributed by atoms with van der Waals surface area (Å²) in [5, 5.41) is 1.54. The molecular weight excluding hydrogens is 341 g/mol. The summed E-state index contributed by atoms with van der Waals surface area (Å²) >= 11 is 15.2. The van der Waals surface area contributed by atoms with E-state index in [4.69, 9.17) is 27.9 Å². The van der Waals surface area contributed by atoms with Crippen molar-refractivity contribution in [3.05, 3.63) is 33.8 Å². The van der Waals surface area contributed by atoms with Crippen LogP contribution in [0.5, 0.6) is 0 Å². The van der Waals surface area contributed by atoms with Gasteiger partial charge in [-0.2, -0.15) is 0 Å². The van der Waals surface area contributed by atoms with Crippen LogP contribution in [-0.2, 0) is 4.74 Å². The van der Waals surface area contributed by atoms with Crippen LogP contribution < -0.4 is 0 Å². The molecule has 1 saturated heterocycles. The second kappa shape index (κ2) is 6.24. The Hall–Kier alpha value is -0.290. The Balaban J connectivity index is 2.21. The molecule has 1 amide bonds. The van der Waals surface area contributed by atoms with Crippen LogP contribution in [0.4, 0.5) is 0 Å². The van der Waals surface area contributed by atoms with Gasteiger partial charge in [0.05, 0.1) is 29.3 Å². The summed E-state index contributed by atoms with van der Waals surface area (Å²) in [6.45, 7) is 1.71. The number of carbonyl (C=O) groups is 1. The highest BCUT2D eigenvalue weighted by Crippen LogP contribution is 2.24. The van der Waals surface area contributed by atoms with Crippen molar-refractivity contribution in [1.29, 1.82) is 0 Å². The molecule has 98 valence electrons. The molecule has 0 aromatic heterocycles. The molecule has 1 aromatic rings. The normalized spacial score (nSPS) is 19.9. The summed E-state index contributed by atoms with van der Waals surface area (Å²) in [7, 11) is 0. The fraction of sp³-hybridized carbons (Fsp3) is 0.417. The number of nitrogens with zero attached hydrogens (tertiary/aromatic N) is 1. The van der Waals surface area contributed by atoms with Gasteiger partial charge in [0.2, 0.25) is 0 Å². The summed E-state index contributed by atoms with van der Waals surface area (Å²) in [5.41, 5.74) is 0.553. The van der Waals surface area contributed by atoms with E-state index in [-0.39, 0.29) is 11.9 Å². The minimum Gasteiger partial charge on any atom is -0.377 e. The van der Waals surface area contributed by atoms with Gasteiger partial charge in [-0.25, -0.2) is 0 Å². The molecule has 1 heterocycles. The molecule has 1 fully saturated rings. The number of halogens is 3. The highest BCUT2D eigenvalue weighted by molar-refractivity contribution is 9.09. The molecule has 1 atom stereocenters. The molecule has 0 bridgehead atoms. The van der Waals surface area contributed by atoms with Crippen LogP contribution in [0.2, 0.25) is 10.0 Å². The van der Waals surface area contributed by atoms with E-state index in [1.165, 1.54) is 0 Å². The second-order valence-electron chi connectivity index (χ2n) is 4.01. The Morgan fingerprint density at radius 3 is 2.89 bits per heavy atom. The smallest absolute Gasteiger partial charge is 0.254 e. The van der Waals surface area contributed by atoms with E-state index in [0.29, 0.717) is 40.7 Å². The third kappa shape index (κ3) is 2.99. The lowest BCUT2D eigenvalue weighted by Crippen LogP contribution is -2.49. The minimum atomic E-state index is -0.0404. The van der Waals surface area contributed by atoms with Gasteiger partial charge >= 0.3 is 0 Å². The van der Waals surface area contributed by atoms with E-state index >= 15 is 0 Å². The average molecular weight is 353 g/mol.